The number of hydrogen-bond donors (Lipinski definition) is 2. The molecule has 0 bridgehead atoms. The third-order valence-electron chi connectivity index (χ3n) is 3.17. The Morgan fingerprint density at radius 2 is 1.86 bits per heavy atom. The van der Waals surface area contributed by atoms with E-state index in [0.717, 1.165) is 0 Å². The maximum atomic E-state index is 12.2. The van der Waals surface area contributed by atoms with Crippen LogP contribution in [0.4, 0.5) is 0 Å². The van der Waals surface area contributed by atoms with Gasteiger partial charge in [0.15, 0.2) is 9.84 Å². The van der Waals surface area contributed by atoms with Gasteiger partial charge in [0.2, 0.25) is 5.91 Å². The SMILES string of the molecule is CCS(=O)(=O)CC(C)NC(=O)C(C)(N)c1ccccc1.Cl. The van der Waals surface area contributed by atoms with E-state index in [4.69, 9.17) is 5.73 Å². The molecule has 0 aliphatic carbocycles. The number of benzene rings is 1. The first kappa shape index (κ1) is 19.9. The first-order valence-electron chi connectivity index (χ1n) is 6.55. The number of nitrogens with two attached hydrogens (primary N) is 1. The third kappa shape index (κ3) is 5.65. The summed E-state index contributed by atoms with van der Waals surface area (Å²) in [5, 5.41) is 2.67. The Morgan fingerprint density at radius 3 is 2.33 bits per heavy atom. The van der Waals surface area contributed by atoms with Crippen molar-refractivity contribution in [3.63, 3.8) is 0 Å². The highest BCUT2D eigenvalue weighted by atomic mass is 35.5. The molecule has 0 heterocycles. The van der Waals surface area contributed by atoms with Crippen LogP contribution in [0, 0.1) is 0 Å². The summed E-state index contributed by atoms with van der Waals surface area (Å²) in [6.45, 7) is 4.85. The van der Waals surface area contributed by atoms with Gasteiger partial charge >= 0.3 is 0 Å². The molecule has 2 unspecified atom stereocenters. The Balaban J connectivity index is 0.00000400. The van der Waals surface area contributed by atoms with Crippen molar-refractivity contribution in [1.82, 2.24) is 5.32 Å². The molecule has 0 aliphatic rings. The molecule has 1 amide bonds. The summed E-state index contributed by atoms with van der Waals surface area (Å²) >= 11 is 0. The first-order chi connectivity index (χ1) is 9.19. The Labute approximate surface area is 132 Å². The van der Waals surface area contributed by atoms with Crippen molar-refractivity contribution in [2.75, 3.05) is 11.5 Å². The zero-order chi connectivity index (χ0) is 15.4. The molecule has 0 aromatic heterocycles. The molecule has 0 saturated carbocycles. The molecule has 5 nitrogen and oxygen atoms in total. The van der Waals surface area contributed by atoms with Gasteiger partial charge in [-0.05, 0) is 19.4 Å². The minimum absolute atomic E-state index is 0. The lowest BCUT2D eigenvalue weighted by Crippen LogP contribution is -2.52. The summed E-state index contributed by atoms with van der Waals surface area (Å²) in [5.41, 5.74) is 5.56. The molecule has 0 spiro atoms. The van der Waals surface area contributed by atoms with Crippen molar-refractivity contribution in [3.05, 3.63) is 35.9 Å². The Kier molecular flexibility index (Phi) is 7.36. The Bertz CT molecular complexity index is 559. The standard InChI is InChI=1S/C14H22N2O3S.ClH/c1-4-20(18,19)10-11(2)16-13(17)14(3,15)12-8-6-5-7-9-12;/h5-9,11H,4,10,15H2,1-3H3,(H,16,17);1H. The van der Waals surface area contributed by atoms with E-state index in [1.54, 1.807) is 45.0 Å². The van der Waals surface area contributed by atoms with Crippen molar-refractivity contribution in [1.29, 1.82) is 0 Å². The molecule has 0 saturated heterocycles. The molecule has 3 N–H and O–H groups in total. The maximum absolute atomic E-state index is 12.2. The fourth-order valence-electron chi connectivity index (χ4n) is 1.83. The van der Waals surface area contributed by atoms with Gasteiger partial charge in [-0.15, -0.1) is 12.4 Å². The molecule has 0 fully saturated rings. The fraction of sp³-hybridized carbons (Fsp3) is 0.500. The van der Waals surface area contributed by atoms with Crippen molar-refractivity contribution in [2.45, 2.75) is 32.4 Å². The summed E-state index contributed by atoms with van der Waals surface area (Å²) in [7, 11) is -3.13. The second-order valence-electron chi connectivity index (χ2n) is 5.14. The first-order valence-corrected chi connectivity index (χ1v) is 8.37. The van der Waals surface area contributed by atoms with Crippen LogP contribution in [0.1, 0.15) is 26.3 Å². The van der Waals surface area contributed by atoms with Gasteiger partial charge in [-0.3, -0.25) is 4.79 Å². The van der Waals surface area contributed by atoms with Gasteiger partial charge in [0.25, 0.3) is 0 Å². The zero-order valence-electron chi connectivity index (χ0n) is 12.5. The summed E-state index contributed by atoms with van der Waals surface area (Å²) in [6.07, 6.45) is 0. The summed E-state index contributed by atoms with van der Waals surface area (Å²) in [4.78, 5) is 12.2. The minimum Gasteiger partial charge on any atom is -0.351 e. The van der Waals surface area contributed by atoms with Crippen molar-refractivity contribution >= 4 is 28.2 Å². The van der Waals surface area contributed by atoms with E-state index >= 15 is 0 Å². The minimum atomic E-state index is -3.13. The van der Waals surface area contributed by atoms with E-state index in [2.05, 4.69) is 5.32 Å². The van der Waals surface area contributed by atoms with Crippen molar-refractivity contribution < 1.29 is 13.2 Å². The number of carbonyl (C=O) groups excluding carboxylic acids is 1. The normalized spacial score (nSPS) is 15.4. The highest BCUT2D eigenvalue weighted by Gasteiger charge is 2.31. The lowest BCUT2D eigenvalue weighted by molar-refractivity contribution is -0.126. The number of hydrogen-bond acceptors (Lipinski definition) is 4. The quantitative estimate of drug-likeness (QED) is 0.818. The molecule has 0 aliphatic heterocycles. The van der Waals surface area contributed by atoms with Crippen molar-refractivity contribution in [3.8, 4) is 0 Å². The predicted molar refractivity (Wildman–Crippen MR) is 87.2 cm³/mol. The average Bonchev–Trinajstić information content (AvgIpc) is 2.39. The lowest BCUT2D eigenvalue weighted by atomic mass is 9.92. The molecular weight excluding hydrogens is 312 g/mol. The van der Waals surface area contributed by atoms with Crippen LogP contribution in [0.5, 0.6) is 0 Å². The molecule has 0 radical (unpaired) electrons. The van der Waals surface area contributed by atoms with Gasteiger partial charge in [-0.2, -0.15) is 0 Å². The van der Waals surface area contributed by atoms with Gasteiger partial charge in [0.1, 0.15) is 5.54 Å². The van der Waals surface area contributed by atoms with Crippen LogP contribution in [-0.4, -0.2) is 31.9 Å². The zero-order valence-corrected chi connectivity index (χ0v) is 14.1. The van der Waals surface area contributed by atoms with E-state index in [1.165, 1.54) is 0 Å². The van der Waals surface area contributed by atoms with Gasteiger partial charge in [0, 0.05) is 11.8 Å². The van der Waals surface area contributed by atoms with Crippen LogP contribution in [0.15, 0.2) is 30.3 Å². The van der Waals surface area contributed by atoms with E-state index in [0.29, 0.717) is 5.56 Å². The second kappa shape index (κ2) is 7.77. The molecule has 120 valence electrons. The Hall–Kier alpha value is -1.11. The van der Waals surface area contributed by atoms with Crippen LogP contribution >= 0.6 is 12.4 Å². The molecule has 1 aromatic rings. The van der Waals surface area contributed by atoms with Crippen LogP contribution in [-0.2, 0) is 20.2 Å². The molecule has 1 rings (SSSR count). The summed E-state index contributed by atoms with van der Waals surface area (Å²) < 4.78 is 23.1. The molecular formula is C14H23ClN2O3S. The maximum Gasteiger partial charge on any atom is 0.244 e. The third-order valence-corrected chi connectivity index (χ3v) is 5.05. The number of rotatable bonds is 6. The number of halogens is 1. The second-order valence-corrected chi connectivity index (χ2v) is 7.54. The van der Waals surface area contributed by atoms with Gasteiger partial charge in [0.05, 0.1) is 5.75 Å². The fourth-order valence-corrected chi connectivity index (χ4v) is 2.91. The average molecular weight is 335 g/mol. The summed E-state index contributed by atoms with van der Waals surface area (Å²) in [5.74, 6) is -0.408. The van der Waals surface area contributed by atoms with E-state index < -0.39 is 21.4 Å². The van der Waals surface area contributed by atoms with Crippen molar-refractivity contribution in [2.24, 2.45) is 5.73 Å². The van der Waals surface area contributed by atoms with Gasteiger partial charge in [-0.25, -0.2) is 8.42 Å². The summed E-state index contributed by atoms with van der Waals surface area (Å²) in [6, 6.07) is 8.52. The number of carbonyl (C=O) groups is 1. The van der Waals surface area contributed by atoms with E-state index in [1.807, 2.05) is 6.07 Å². The lowest BCUT2D eigenvalue weighted by Gasteiger charge is -2.26. The number of nitrogens with one attached hydrogen (secondary N) is 1. The van der Waals surface area contributed by atoms with E-state index in [9.17, 15) is 13.2 Å². The van der Waals surface area contributed by atoms with Crippen LogP contribution in [0.3, 0.4) is 0 Å². The molecule has 21 heavy (non-hydrogen) atoms. The number of amides is 1. The number of sulfone groups is 1. The van der Waals surface area contributed by atoms with Gasteiger partial charge in [-0.1, -0.05) is 37.3 Å². The van der Waals surface area contributed by atoms with Crippen LogP contribution in [0.25, 0.3) is 0 Å². The molecule has 1 aromatic carbocycles. The highest BCUT2D eigenvalue weighted by molar-refractivity contribution is 7.91. The van der Waals surface area contributed by atoms with Crippen LogP contribution in [0.2, 0.25) is 0 Å². The largest absolute Gasteiger partial charge is 0.351 e. The smallest absolute Gasteiger partial charge is 0.244 e. The van der Waals surface area contributed by atoms with E-state index in [-0.39, 0.29) is 29.8 Å². The van der Waals surface area contributed by atoms with Crippen LogP contribution < -0.4 is 11.1 Å². The monoisotopic (exact) mass is 334 g/mol. The molecule has 2 atom stereocenters. The highest BCUT2D eigenvalue weighted by Crippen LogP contribution is 2.17. The topological polar surface area (TPSA) is 89.3 Å². The van der Waals surface area contributed by atoms with Gasteiger partial charge < -0.3 is 11.1 Å². The molecule has 7 heteroatoms. The predicted octanol–water partition coefficient (Wildman–Crippen LogP) is 1.22. The Morgan fingerprint density at radius 1 is 1.33 bits per heavy atom.